The van der Waals surface area contributed by atoms with Gasteiger partial charge in [-0.2, -0.15) is 5.01 Å². The van der Waals surface area contributed by atoms with E-state index in [0.29, 0.717) is 23.0 Å². The zero-order valence-electron chi connectivity index (χ0n) is 19.1. The van der Waals surface area contributed by atoms with Crippen LogP contribution >= 0.6 is 0 Å². The average Bonchev–Trinajstić information content (AvgIpc) is 3.33. The maximum Gasteiger partial charge on any atom is 0.244 e. The zero-order valence-corrected chi connectivity index (χ0v) is 19.1. The Hall–Kier alpha value is -4.39. The van der Waals surface area contributed by atoms with Gasteiger partial charge in [0, 0.05) is 29.5 Å². The van der Waals surface area contributed by atoms with Crippen molar-refractivity contribution in [1.82, 2.24) is 9.99 Å². The highest BCUT2D eigenvalue weighted by Gasteiger charge is 2.35. The second-order valence-electron chi connectivity index (χ2n) is 7.79. The van der Waals surface area contributed by atoms with Crippen molar-refractivity contribution in [2.45, 2.75) is 13.2 Å². The molecule has 4 aromatic rings. The quantitative estimate of drug-likeness (QED) is 0.417. The second kappa shape index (κ2) is 8.86. The lowest BCUT2D eigenvalue weighted by Gasteiger charge is -2.21. The first-order valence-electron chi connectivity index (χ1n) is 10.8. The first-order valence-corrected chi connectivity index (χ1v) is 10.8. The van der Waals surface area contributed by atoms with E-state index in [2.05, 4.69) is 5.10 Å². The molecule has 3 aromatic carbocycles. The molecule has 2 heterocycles. The fourth-order valence-corrected chi connectivity index (χ4v) is 4.02. The molecular formula is C27H23N3O4. The minimum atomic E-state index is -0.755. The van der Waals surface area contributed by atoms with Gasteiger partial charge in [-0.15, -0.1) is 5.10 Å². The SMILES string of the molecule is COc1ccc(C2=NN(C(C)=O)C(c3cc(-c4ccccc4)nc4ccccc34)O2)c(OC)c1. The summed E-state index contributed by atoms with van der Waals surface area (Å²) in [5.74, 6) is 1.23. The standard InChI is InChI=1S/C27H23N3O4/c1-17(31)30-27(34-26(29-30)21-14-13-19(32-2)15-25(21)33-3)22-16-24(18-9-5-4-6-10-18)28-23-12-8-7-11-20(22)23/h4-16,27H,1-3H3. The molecule has 1 atom stereocenters. The first-order chi connectivity index (χ1) is 16.6. The molecule has 0 radical (unpaired) electrons. The number of carbonyl (C=O) groups excluding carboxylic acids is 1. The number of ether oxygens (including phenoxy) is 3. The molecule has 1 aliphatic heterocycles. The Bertz CT molecular complexity index is 1400. The number of hydrazone groups is 1. The van der Waals surface area contributed by atoms with Crippen LogP contribution in [0.2, 0.25) is 0 Å². The summed E-state index contributed by atoms with van der Waals surface area (Å²) < 4.78 is 17.2. The van der Waals surface area contributed by atoms with E-state index in [0.717, 1.165) is 27.7 Å². The predicted molar refractivity (Wildman–Crippen MR) is 130 cm³/mol. The third-order valence-electron chi connectivity index (χ3n) is 5.69. The molecule has 0 N–H and O–H groups in total. The lowest BCUT2D eigenvalue weighted by molar-refractivity contribution is -0.135. The molecule has 0 bridgehead atoms. The lowest BCUT2D eigenvalue weighted by atomic mass is 10.0. The number of aromatic nitrogens is 1. The number of hydrogen-bond donors (Lipinski definition) is 0. The molecule has 1 amide bonds. The van der Waals surface area contributed by atoms with Crippen LogP contribution in [-0.4, -0.2) is 36.0 Å². The topological polar surface area (TPSA) is 73.2 Å². The molecule has 5 rings (SSSR count). The van der Waals surface area contributed by atoms with Gasteiger partial charge in [-0.1, -0.05) is 48.5 Å². The summed E-state index contributed by atoms with van der Waals surface area (Å²) in [6.07, 6.45) is -0.755. The van der Waals surface area contributed by atoms with Gasteiger partial charge in [-0.05, 0) is 24.3 Å². The summed E-state index contributed by atoms with van der Waals surface area (Å²) in [7, 11) is 3.15. The smallest absolute Gasteiger partial charge is 0.244 e. The summed E-state index contributed by atoms with van der Waals surface area (Å²) in [6, 6.07) is 25.0. The van der Waals surface area contributed by atoms with E-state index in [4.69, 9.17) is 19.2 Å². The Morgan fingerprint density at radius 1 is 0.941 bits per heavy atom. The molecule has 7 nitrogen and oxygen atoms in total. The van der Waals surface area contributed by atoms with Crippen LogP contribution in [0.15, 0.2) is 84.0 Å². The van der Waals surface area contributed by atoms with Gasteiger partial charge in [0.05, 0.1) is 31.0 Å². The van der Waals surface area contributed by atoms with Gasteiger partial charge in [-0.3, -0.25) is 4.79 Å². The fourth-order valence-electron chi connectivity index (χ4n) is 4.02. The highest BCUT2D eigenvalue weighted by Crippen LogP contribution is 2.38. The third-order valence-corrected chi connectivity index (χ3v) is 5.69. The molecule has 0 saturated carbocycles. The third kappa shape index (κ3) is 3.81. The second-order valence-corrected chi connectivity index (χ2v) is 7.79. The van der Waals surface area contributed by atoms with Crippen LogP contribution in [0.25, 0.3) is 22.2 Å². The molecule has 34 heavy (non-hydrogen) atoms. The van der Waals surface area contributed by atoms with Gasteiger partial charge in [0.1, 0.15) is 11.5 Å². The molecule has 170 valence electrons. The zero-order chi connectivity index (χ0) is 23.7. The minimum Gasteiger partial charge on any atom is -0.497 e. The van der Waals surface area contributed by atoms with E-state index in [1.54, 1.807) is 32.4 Å². The van der Waals surface area contributed by atoms with Crippen LogP contribution in [0.5, 0.6) is 11.5 Å². The van der Waals surface area contributed by atoms with Crippen molar-refractivity contribution in [2.75, 3.05) is 14.2 Å². The molecule has 0 fully saturated rings. The van der Waals surface area contributed by atoms with E-state index in [9.17, 15) is 4.79 Å². The lowest BCUT2D eigenvalue weighted by Crippen LogP contribution is -2.25. The summed E-state index contributed by atoms with van der Waals surface area (Å²) in [6.45, 7) is 1.47. The van der Waals surface area contributed by atoms with Crippen molar-refractivity contribution >= 4 is 22.7 Å². The Morgan fingerprint density at radius 2 is 1.71 bits per heavy atom. The van der Waals surface area contributed by atoms with Gasteiger partial charge >= 0.3 is 0 Å². The van der Waals surface area contributed by atoms with Crippen LogP contribution in [0.3, 0.4) is 0 Å². The van der Waals surface area contributed by atoms with Crippen molar-refractivity contribution < 1.29 is 19.0 Å². The van der Waals surface area contributed by atoms with E-state index < -0.39 is 6.23 Å². The van der Waals surface area contributed by atoms with Crippen LogP contribution in [0, 0.1) is 0 Å². The molecule has 7 heteroatoms. The largest absolute Gasteiger partial charge is 0.497 e. The molecule has 1 aromatic heterocycles. The molecular weight excluding hydrogens is 430 g/mol. The van der Waals surface area contributed by atoms with Gasteiger partial charge in [-0.25, -0.2) is 4.98 Å². The Labute approximate surface area is 197 Å². The normalized spacial score (nSPS) is 15.1. The fraction of sp³-hybridized carbons (Fsp3) is 0.148. The summed E-state index contributed by atoms with van der Waals surface area (Å²) in [5.41, 5.74) is 3.99. The van der Waals surface area contributed by atoms with Crippen molar-refractivity contribution in [1.29, 1.82) is 0 Å². The van der Waals surface area contributed by atoms with Gasteiger partial charge in [0.25, 0.3) is 0 Å². The number of carbonyl (C=O) groups is 1. The number of hydrogen-bond acceptors (Lipinski definition) is 6. The van der Waals surface area contributed by atoms with Crippen LogP contribution in [0.1, 0.15) is 24.3 Å². The minimum absolute atomic E-state index is 0.241. The molecule has 0 spiro atoms. The van der Waals surface area contributed by atoms with Crippen molar-refractivity contribution in [3.8, 4) is 22.8 Å². The predicted octanol–water partition coefficient (Wildman–Crippen LogP) is 5.16. The maximum atomic E-state index is 12.6. The van der Waals surface area contributed by atoms with Crippen LogP contribution in [-0.2, 0) is 9.53 Å². The van der Waals surface area contributed by atoms with E-state index in [-0.39, 0.29) is 5.91 Å². The van der Waals surface area contributed by atoms with Crippen molar-refractivity contribution in [2.24, 2.45) is 5.10 Å². The van der Waals surface area contributed by atoms with Crippen LogP contribution in [0.4, 0.5) is 0 Å². The Morgan fingerprint density at radius 3 is 2.44 bits per heavy atom. The number of nitrogens with zero attached hydrogens (tertiary/aromatic N) is 3. The number of fused-ring (bicyclic) bond motifs is 1. The Balaban J connectivity index is 1.63. The molecule has 1 unspecified atom stereocenters. The molecule has 0 saturated heterocycles. The number of benzene rings is 3. The summed E-state index contributed by atoms with van der Waals surface area (Å²) in [5, 5.41) is 6.77. The van der Waals surface area contributed by atoms with Crippen molar-refractivity contribution in [3.63, 3.8) is 0 Å². The maximum absolute atomic E-state index is 12.6. The summed E-state index contributed by atoms with van der Waals surface area (Å²) >= 11 is 0. The number of amides is 1. The molecule has 0 aliphatic carbocycles. The van der Waals surface area contributed by atoms with Crippen LogP contribution < -0.4 is 9.47 Å². The monoisotopic (exact) mass is 453 g/mol. The van der Waals surface area contributed by atoms with Gasteiger partial charge in [0.15, 0.2) is 0 Å². The van der Waals surface area contributed by atoms with Gasteiger partial charge < -0.3 is 14.2 Å². The molecule has 1 aliphatic rings. The number of rotatable bonds is 5. The summed E-state index contributed by atoms with van der Waals surface area (Å²) in [4.78, 5) is 17.5. The van der Waals surface area contributed by atoms with E-state index >= 15 is 0 Å². The number of methoxy groups -OCH3 is 2. The van der Waals surface area contributed by atoms with Crippen molar-refractivity contribution in [3.05, 3.63) is 90.0 Å². The van der Waals surface area contributed by atoms with E-state index in [1.165, 1.54) is 11.9 Å². The average molecular weight is 453 g/mol. The van der Waals surface area contributed by atoms with Gasteiger partial charge in [0.2, 0.25) is 18.0 Å². The Kier molecular flexibility index (Phi) is 5.59. The number of para-hydroxylation sites is 1. The first kappa shape index (κ1) is 21.5. The highest BCUT2D eigenvalue weighted by molar-refractivity contribution is 5.99. The highest BCUT2D eigenvalue weighted by atomic mass is 16.5. The number of pyridine rings is 1. The van der Waals surface area contributed by atoms with E-state index in [1.807, 2.05) is 60.7 Å².